The summed E-state index contributed by atoms with van der Waals surface area (Å²) in [5.74, 6) is -0.528. The van der Waals surface area contributed by atoms with Crippen molar-refractivity contribution in [2.75, 3.05) is 0 Å². The number of nitro groups is 1. The molecule has 2 aromatic heterocycles. The molecule has 2 heterocycles. The molecule has 8 heteroatoms. The molecule has 112 valence electrons. The summed E-state index contributed by atoms with van der Waals surface area (Å²) in [6.45, 7) is -0.0201. The fourth-order valence-electron chi connectivity index (χ4n) is 1.89. The molecule has 22 heavy (non-hydrogen) atoms. The average Bonchev–Trinajstić information content (AvgIpc) is 3.11. The minimum atomic E-state index is -0.528. The van der Waals surface area contributed by atoms with Crippen molar-refractivity contribution in [3.8, 4) is 0 Å². The van der Waals surface area contributed by atoms with Gasteiger partial charge in [-0.25, -0.2) is 4.79 Å². The number of benzene rings is 1. The molecule has 0 unspecified atom stereocenters. The third kappa shape index (κ3) is 2.83. The van der Waals surface area contributed by atoms with Gasteiger partial charge in [0.2, 0.25) is 0 Å². The number of hydrogen-bond acceptors (Lipinski definition) is 6. The van der Waals surface area contributed by atoms with E-state index in [-0.39, 0.29) is 11.6 Å². The summed E-state index contributed by atoms with van der Waals surface area (Å²) < 4.78 is 6.10. The largest absolute Gasteiger partial charge is 0.457 e. The highest BCUT2D eigenvalue weighted by molar-refractivity contribution is 7.21. The normalized spacial score (nSPS) is 10.8. The maximum absolute atomic E-state index is 12.1. The van der Waals surface area contributed by atoms with Gasteiger partial charge in [-0.15, -0.1) is 11.3 Å². The molecule has 1 aromatic carbocycles. The van der Waals surface area contributed by atoms with E-state index in [9.17, 15) is 14.9 Å². The zero-order valence-corrected chi connectivity index (χ0v) is 13.3. The first-order valence-electron chi connectivity index (χ1n) is 6.12. The average molecular weight is 354 g/mol. The Morgan fingerprint density at radius 2 is 2.14 bits per heavy atom. The predicted molar refractivity (Wildman–Crippen MR) is 86.9 cm³/mol. The molecule has 0 fully saturated rings. The van der Waals surface area contributed by atoms with Crippen LogP contribution in [0.4, 0.5) is 5.00 Å². The van der Waals surface area contributed by atoms with Gasteiger partial charge in [-0.2, -0.15) is 0 Å². The van der Waals surface area contributed by atoms with E-state index < -0.39 is 10.9 Å². The first-order chi connectivity index (χ1) is 10.6. The number of hydrogen-bond donors (Lipinski definition) is 0. The number of ether oxygens (including phenoxy) is 1. The Morgan fingerprint density at radius 1 is 1.36 bits per heavy atom. The van der Waals surface area contributed by atoms with Crippen molar-refractivity contribution in [1.82, 2.24) is 0 Å². The van der Waals surface area contributed by atoms with Crippen molar-refractivity contribution in [2.24, 2.45) is 0 Å². The molecule has 0 amide bonds. The van der Waals surface area contributed by atoms with Crippen LogP contribution in [0, 0.1) is 10.1 Å². The van der Waals surface area contributed by atoms with Crippen LogP contribution in [-0.2, 0) is 11.3 Å². The van der Waals surface area contributed by atoms with Crippen molar-refractivity contribution >= 4 is 55.3 Å². The van der Waals surface area contributed by atoms with Gasteiger partial charge in [0, 0.05) is 27.1 Å². The van der Waals surface area contributed by atoms with Gasteiger partial charge in [0.15, 0.2) is 0 Å². The molecule has 0 aliphatic carbocycles. The Labute approximate surface area is 137 Å². The Balaban J connectivity index is 1.75. The summed E-state index contributed by atoms with van der Waals surface area (Å²) in [4.78, 5) is 22.6. The van der Waals surface area contributed by atoms with E-state index in [4.69, 9.17) is 16.3 Å². The van der Waals surface area contributed by atoms with Crippen LogP contribution in [0.25, 0.3) is 10.1 Å². The minimum absolute atomic E-state index is 0.0194. The zero-order valence-electron chi connectivity index (χ0n) is 10.9. The molecular formula is C14H8ClNO4S2. The van der Waals surface area contributed by atoms with Crippen molar-refractivity contribution < 1.29 is 14.5 Å². The Morgan fingerprint density at radius 3 is 2.82 bits per heavy atom. The number of fused-ring (bicyclic) bond motifs is 1. The lowest BCUT2D eigenvalue weighted by Gasteiger charge is -2.01. The van der Waals surface area contributed by atoms with E-state index in [1.807, 2.05) is 24.3 Å². The summed E-state index contributed by atoms with van der Waals surface area (Å²) in [7, 11) is 0. The third-order valence-corrected chi connectivity index (χ3v) is 5.49. The molecule has 0 N–H and O–H groups in total. The van der Waals surface area contributed by atoms with E-state index >= 15 is 0 Å². The molecule has 3 rings (SSSR count). The first kappa shape index (κ1) is 15.0. The van der Waals surface area contributed by atoms with Crippen molar-refractivity contribution in [2.45, 2.75) is 6.61 Å². The van der Waals surface area contributed by atoms with Crippen LogP contribution in [0.15, 0.2) is 35.7 Å². The van der Waals surface area contributed by atoms with E-state index in [1.54, 1.807) is 5.38 Å². The Hall–Kier alpha value is -1.96. The summed E-state index contributed by atoms with van der Waals surface area (Å²) in [5.41, 5.74) is 0.585. The number of carbonyl (C=O) groups is 1. The van der Waals surface area contributed by atoms with Gasteiger partial charge >= 0.3 is 11.0 Å². The monoisotopic (exact) mass is 353 g/mol. The number of carbonyl (C=O) groups excluding carboxylic acids is 1. The molecule has 0 saturated heterocycles. The molecule has 0 aliphatic rings. The highest BCUT2D eigenvalue weighted by atomic mass is 35.5. The lowest BCUT2D eigenvalue weighted by molar-refractivity contribution is -0.380. The van der Waals surface area contributed by atoms with Crippen LogP contribution in [0.5, 0.6) is 0 Å². The lowest BCUT2D eigenvalue weighted by atomic mass is 10.2. The molecule has 3 aromatic rings. The van der Waals surface area contributed by atoms with E-state index in [1.165, 1.54) is 17.4 Å². The van der Waals surface area contributed by atoms with E-state index in [0.717, 1.165) is 21.4 Å². The second-order valence-electron chi connectivity index (χ2n) is 4.37. The topological polar surface area (TPSA) is 69.4 Å². The fourth-order valence-corrected chi connectivity index (χ4v) is 4.01. The molecule has 0 bridgehead atoms. The minimum Gasteiger partial charge on any atom is -0.457 e. The summed E-state index contributed by atoms with van der Waals surface area (Å²) in [5, 5.41) is 13.4. The van der Waals surface area contributed by atoms with E-state index in [2.05, 4.69) is 0 Å². The molecule has 5 nitrogen and oxygen atoms in total. The smallest absolute Gasteiger partial charge is 0.350 e. The van der Waals surface area contributed by atoms with Gasteiger partial charge in [0.05, 0.1) is 9.95 Å². The van der Waals surface area contributed by atoms with Crippen LogP contribution >= 0.6 is 34.3 Å². The van der Waals surface area contributed by atoms with Gasteiger partial charge in [-0.3, -0.25) is 10.1 Å². The number of halogens is 1. The lowest BCUT2D eigenvalue weighted by Crippen LogP contribution is -2.03. The van der Waals surface area contributed by atoms with Crippen molar-refractivity contribution in [3.05, 3.63) is 61.3 Å². The first-order valence-corrected chi connectivity index (χ1v) is 8.19. The molecular weight excluding hydrogens is 346 g/mol. The highest BCUT2D eigenvalue weighted by Crippen LogP contribution is 2.35. The van der Waals surface area contributed by atoms with Crippen molar-refractivity contribution in [3.63, 3.8) is 0 Å². The fraction of sp³-hybridized carbons (Fsp3) is 0.0714. The van der Waals surface area contributed by atoms with Gasteiger partial charge in [0.1, 0.15) is 11.5 Å². The number of nitrogens with zero attached hydrogens (tertiary/aromatic N) is 1. The SMILES string of the molecule is O=C(OCc1csc([N+](=O)[O-])c1)c1sc2ccccc2c1Cl. The summed E-state index contributed by atoms with van der Waals surface area (Å²) in [6.07, 6.45) is 0. The maximum atomic E-state index is 12.1. The van der Waals surface area contributed by atoms with Crippen LogP contribution in [0.1, 0.15) is 15.2 Å². The Kier molecular flexibility index (Phi) is 4.10. The second kappa shape index (κ2) is 6.04. The third-order valence-electron chi connectivity index (χ3n) is 2.91. The highest BCUT2D eigenvalue weighted by Gasteiger charge is 2.19. The number of thiophene rings is 2. The van der Waals surface area contributed by atoms with Crippen LogP contribution in [0.2, 0.25) is 5.02 Å². The van der Waals surface area contributed by atoms with Crippen LogP contribution in [-0.4, -0.2) is 10.9 Å². The maximum Gasteiger partial charge on any atom is 0.350 e. The Bertz CT molecular complexity index is 871. The molecule has 0 atom stereocenters. The predicted octanol–water partition coefficient (Wildman–Crippen LogP) is 4.88. The van der Waals surface area contributed by atoms with Crippen molar-refractivity contribution in [1.29, 1.82) is 0 Å². The van der Waals surface area contributed by atoms with Gasteiger partial charge in [-0.05, 0) is 6.07 Å². The zero-order chi connectivity index (χ0) is 15.7. The van der Waals surface area contributed by atoms with E-state index in [0.29, 0.717) is 15.5 Å². The summed E-state index contributed by atoms with van der Waals surface area (Å²) in [6, 6.07) is 8.83. The van der Waals surface area contributed by atoms with Crippen LogP contribution in [0.3, 0.4) is 0 Å². The summed E-state index contributed by atoms with van der Waals surface area (Å²) >= 11 is 8.47. The number of rotatable bonds is 4. The van der Waals surface area contributed by atoms with Gasteiger partial charge < -0.3 is 4.74 Å². The number of esters is 1. The quantitative estimate of drug-likeness (QED) is 0.380. The van der Waals surface area contributed by atoms with Gasteiger partial charge in [0.25, 0.3) is 0 Å². The molecule has 0 spiro atoms. The molecule has 0 saturated carbocycles. The molecule has 0 radical (unpaired) electrons. The second-order valence-corrected chi connectivity index (χ2v) is 6.69. The van der Waals surface area contributed by atoms with Crippen LogP contribution < -0.4 is 0 Å². The molecule has 0 aliphatic heterocycles. The van der Waals surface area contributed by atoms with Gasteiger partial charge in [-0.1, -0.05) is 41.1 Å². The standard InChI is InChI=1S/C14H8ClNO4S2/c15-12-9-3-1-2-4-10(9)22-13(12)14(17)20-6-8-5-11(16(18)19)21-7-8/h1-5,7H,6H2.